The summed E-state index contributed by atoms with van der Waals surface area (Å²) in [6.07, 6.45) is 2.94. The Morgan fingerprint density at radius 1 is 1.21 bits per heavy atom. The molecule has 0 amide bonds. The molecule has 3 N–H and O–H groups in total. The van der Waals surface area contributed by atoms with Crippen molar-refractivity contribution < 1.29 is 14.3 Å². The maximum Gasteiger partial charge on any atom is 0.309 e. The van der Waals surface area contributed by atoms with Crippen molar-refractivity contribution in [2.75, 3.05) is 42.3 Å². The molecule has 1 aliphatic rings. The highest BCUT2D eigenvalue weighted by molar-refractivity contribution is 5.80. The van der Waals surface area contributed by atoms with E-state index < -0.39 is 0 Å². The lowest BCUT2D eigenvalue weighted by Gasteiger charge is -2.32. The van der Waals surface area contributed by atoms with Crippen molar-refractivity contribution in [3.63, 3.8) is 0 Å². The molecule has 0 spiro atoms. The molecule has 8 nitrogen and oxygen atoms in total. The van der Waals surface area contributed by atoms with E-state index in [-0.39, 0.29) is 11.9 Å². The Morgan fingerprint density at radius 3 is 2.68 bits per heavy atom. The molecular formula is C20H27N5O3. The van der Waals surface area contributed by atoms with Gasteiger partial charge in [-0.1, -0.05) is 12.1 Å². The van der Waals surface area contributed by atoms with E-state index in [9.17, 15) is 4.79 Å². The van der Waals surface area contributed by atoms with Gasteiger partial charge in [-0.2, -0.15) is 0 Å². The molecule has 2 aromatic rings. The van der Waals surface area contributed by atoms with E-state index in [0.29, 0.717) is 43.6 Å². The van der Waals surface area contributed by atoms with Crippen LogP contribution < -0.4 is 20.7 Å². The molecule has 3 rings (SSSR count). The molecule has 0 unspecified atom stereocenters. The van der Waals surface area contributed by atoms with Gasteiger partial charge in [0.05, 0.1) is 24.8 Å². The molecule has 1 aliphatic heterocycles. The van der Waals surface area contributed by atoms with Gasteiger partial charge < -0.3 is 25.4 Å². The number of benzene rings is 1. The highest BCUT2D eigenvalue weighted by Gasteiger charge is 2.28. The van der Waals surface area contributed by atoms with Crippen molar-refractivity contribution in [1.82, 2.24) is 9.97 Å². The van der Waals surface area contributed by atoms with Gasteiger partial charge in [-0.3, -0.25) is 4.79 Å². The third-order valence-electron chi connectivity index (χ3n) is 4.72. The second kappa shape index (κ2) is 9.25. The number of aromatic nitrogens is 2. The number of carbonyl (C=O) groups is 1. The Morgan fingerprint density at radius 2 is 1.96 bits per heavy atom. The number of nitrogens with two attached hydrogens (primary N) is 1. The zero-order valence-corrected chi connectivity index (χ0v) is 16.4. The lowest BCUT2D eigenvalue weighted by Crippen LogP contribution is -2.37. The van der Waals surface area contributed by atoms with Crippen LogP contribution in [0.3, 0.4) is 0 Å². The van der Waals surface area contributed by atoms with E-state index in [4.69, 9.17) is 15.2 Å². The Hall–Kier alpha value is -3.03. The molecule has 1 aromatic heterocycles. The molecule has 150 valence electrons. The largest absolute Gasteiger partial charge is 0.492 e. The summed E-state index contributed by atoms with van der Waals surface area (Å²) in [5.74, 6) is 1.76. The minimum Gasteiger partial charge on any atom is -0.492 e. The van der Waals surface area contributed by atoms with E-state index >= 15 is 0 Å². The van der Waals surface area contributed by atoms with Gasteiger partial charge in [-0.05, 0) is 38.8 Å². The summed E-state index contributed by atoms with van der Waals surface area (Å²) in [4.78, 5) is 22.7. The minimum absolute atomic E-state index is 0.0603. The topological polar surface area (TPSA) is 103 Å². The minimum atomic E-state index is -0.118. The number of nitrogen functional groups attached to an aromatic ring is 1. The SMILES string of the molecule is CCOC(=O)C1CCN(c2ncnc(Nc3ccccc3OCC)c2N)CC1. The van der Waals surface area contributed by atoms with E-state index in [1.54, 1.807) is 0 Å². The second-order valence-electron chi connectivity index (χ2n) is 6.53. The number of piperidine rings is 1. The molecule has 0 bridgehead atoms. The van der Waals surface area contributed by atoms with E-state index in [1.165, 1.54) is 6.33 Å². The maximum atomic E-state index is 11.9. The fourth-order valence-corrected chi connectivity index (χ4v) is 3.30. The summed E-state index contributed by atoms with van der Waals surface area (Å²) < 4.78 is 10.8. The lowest BCUT2D eigenvalue weighted by molar-refractivity contribution is -0.148. The molecule has 0 aliphatic carbocycles. The van der Waals surface area contributed by atoms with Crippen LogP contribution in [0.4, 0.5) is 23.0 Å². The molecule has 2 heterocycles. The highest BCUT2D eigenvalue weighted by atomic mass is 16.5. The zero-order valence-electron chi connectivity index (χ0n) is 16.4. The fourth-order valence-electron chi connectivity index (χ4n) is 3.30. The van der Waals surface area contributed by atoms with Crippen molar-refractivity contribution in [2.45, 2.75) is 26.7 Å². The second-order valence-corrected chi connectivity index (χ2v) is 6.53. The van der Waals surface area contributed by atoms with E-state index in [1.807, 2.05) is 38.1 Å². The van der Waals surface area contributed by atoms with Crippen LogP contribution in [0, 0.1) is 5.92 Å². The van der Waals surface area contributed by atoms with Crippen LogP contribution in [0.5, 0.6) is 5.75 Å². The van der Waals surface area contributed by atoms with Crippen molar-refractivity contribution in [2.24, 2.45) is 5.92 Å². The number of hydrogen-bond donors (Lipinski definition) is 2. The highest BCUT2D eigenvalue weighted by Crippen LogP contribution is 2.33. The third-order valence-corrected chi connectivity index (χ3v) is 4.72. The van der Waals surface area contributed by atoms with Gasteiger partial charge in [0.25, 0.3) is 0 Å². The summed E-state index contributed by atoms with van der Waals surface area (Å²) in [7, 11) is 0. The Labute approximate surface area is 165 Å². The standard InChI is InChI=1S/C20H27N5O3/c1-3-27-16-8-6-5-7-15(16)24-18-17(21)19(23-13-22-18)25-11-9-14(10-12-25)20(26)28-4-2/h5-8,13-14H,3-4,9-12,21H2,1-2H3,(H,22,23,24). The molecule has 1 saturated heterocycles. The van der Waals surface area contributed by atoms with Crippen molar-refractivity contribution in [1.29, 1.82) is 0 Å². The number of nitrogens with zero attached hydrogens (tertiary/aromatic N) is 3. The van der Waals surface area contributed by atoms with Crippen molar-refractivity contribution >= 4 is 29.0 Å². The monoisotopic (exact) mass is 385 g/mol. The molecule has 0 atom stereocenters. The molecular weight excluding hydrogens is 358 g/mol. The molecule has 0 saturated carbocycles. The number of nitrogens with one attached hydrogen (secondary N) is 1. The molecule has 1 aromatic carbocycles. The van der Waals surface area contributed by atoms with Gasteiger partial charge in [0, 0.05) is 13.1 Å². The van der Waals surface area contributed by atoms with Crippen molar-refractivity contribution in [3.8, 4) is 5.75 Å². The molecule has 8 heteroatoms. The fraction of sp³-hybridized carbons (Fsp3) is 0.450. The molecule has 1 fully saturated rings. The number of ether oxygens (including phenoxy) is 2. The van der Waals surface area contributed by atoms with Gasteiger partial charge in [-0.25, -0.2) is 9.97 Å². The van der Waals surface area contributed by atoms with Gasteiger partial charge in [0.2, 0.25) is 0 Å². The van der Waals surface area contributed by atoms with Crippen LogP contribution in [0.2, 0.25) is 0 Å². The van der Waals surface area contributed by atoms with Gasteiger partial charge >= 0.3 is 5.97 Å². The van der Waals surface area contributed by atoms with Crippen LogP contribution in [0.25, 0.3) is 0 Å². The first kappa shape index (κ1) is 19.7. The first-order valence-electron chi connectivity index (χ1n) is 9.64. The predicted molar refractivity (Wildman–Crippen MR) is 109 cm³/mol. The van der Waals surface area contributed by atoms with Crippen LogP contribution in [0.15, 0.2) is 30.6 Å². The summed E-state index contributed by atoms with van der Waals surface area (Å²) in [6, 6.07) is 7.64. The van der Waals surface area contributed by atoms with E-state index in [2.05, 4.69) is 20.2 Å². The quantitative estimate of drug-likeness (QED) is 0.701. The number of anilines is 4. The summed E-state index contributed by atoms with van der Waals surface area (Å²) in [6.45, 7) is 6.13. The normalized spacial score (nSPS) is 14.6. The van der Waals surface area contributed by atoms with Crippen molar-refractivity contribution in [3.05, 3.63) is 30.6 Å². The molecule has 0 radical (unpaired) electrons. The molecule has 28 heavy (non-hydrogen) atoms. The average Bonchev–Trinajstić information content (AvgIpc) is 2.71. The third kappa shape index (κ3) is 4.44. The lowest BCUT2D eigenvalue weighted by atomic mass is 9.97. The van der Waals surface area contributed by atoms with Gasteiger partial charge in [-0.15, -0.1) is 0 Å². The number of hydrogen-bond acceptors (Lipinski definition) is 8. The Kier molecular flexibility index (Phi) is 6.52. The van der Waals surface area contributed by atoms with Crippen LogP contribution in [-0.2, 0) is 9.53 Å². The van der Waals surface area contributed by atoms with Gasteiger partial charge in [0.15, 0.2) is 11.6 Å². The number of para-hydroxylation sites is 2. The van der Waals surface area contributed by atoms with Gasteiger partial charge in [0.1, 0.15) is 17.8 Å². The summed E-state index contributed by atoms with van der Waals surface area (Å²) in [5, 5.41) is 3.25. The first-order valence-corrected chi connectivity index (χ1v) is 9.64. The Balaban J connectivity index is 1.73. The average molecular weight is 385 g/mol. The first-order chi connectivity index (χ1) is 13.6. The van der Waals surface area contributed by atoms with E-state index in [0.717, 1.165) is 24.3 Å². The van der Waals surface area contributed by atoms with Crippen LogP contribution in [0.1, 0.15) is 26.7 Å². The summed E-state index contributed by atoms with van der Waals surface area (Å²) >= 11 is 0. The number of esters is 1. The number of carbonyl (C=O) groups excluding carboxylic acids is 1. The zero-order chi connectivity index (χ0) is 19.9. The predicted octanol–water partition coefficient (Wildman–Crippen LogP) is 2.98. The summed E-state index contributed by atoms with van der Waals surface area (Å²) in [5.41, 5.74) is 7.64. The van der Waals surface area contributed by atoms with Crippen LogP contribution in [-0.4, -0.2) is 42.2 Å². The van der Waals surface area contributed by atoms with Crippen LogP contribution >= 0.6 is 0 Å². The number of rotatable bonds is 7. The smallest absolute Gasteiger partial charge is 0.309 e. The Bertz CT molecular complexity index is 806. The maximum absolute atomic E-state index is 11.9.